The molecule has 2 N–H and O–H groups in total. The maximum Gasteiger partial charge on any atom is 0.307 e. The molecule has 92 valence electrons. The minimum absolute atomic E-state index is 0.198. The van der Waals surface area contributed by atoms with Crippen LogP contribution in [0.4, 0.5) is 0 Å². The Balaban J connectivity index is 1.90. The number of aliphatic carboxylic acids is 1. The van der Waals surface area contributed by atoms with Gasteiger partial charge in [0.2, 0.25) is 0 Å². The van der Waals surface area contributed by atoms with Crippen LogP contribution in [-0.4, -0.2) is 48.2 Å². The molecule has 0 aromatic carbocycles. The molecule has 2 fully saturated rings. The van der Waals surface area contributed by atoms with Gasteiger partial charge in [-0.05, 0) is 31.7 Å². The largest absolute Gasteiger partial charge is 0.481 e. The predicted molar refractivity (Wildman–Crippen MR) is 62.4 cm³/mol. The molecule has 2 aliphatic heterocycles. The van der Waals surface area contributed by atoms with Crippen LogP contribution in [0.2, 0.25) is 0 Å². The fourth-order valence-electron chi connectivity index (χ4n) is 2.94. The van der Waals surface area contributed by atoms with E-state index in [1.807, 2.05) is 0 Å². The first-order valence-corrected chi connectivity index (χ1v) is 6.34. The lowest BCUT2D eigenvalue weighted by Crippen LogP contribution is -2.53. The molecule has 2 aliphatic rings. The van der Waals surface area contributed by atoms with Crippen molar-refractivity contribution in [1.29, 1.82) is 0 Å². The van der Waals surface area contributed by atoms with Crippen molar-refractivity contribution >= 4 is 5.97 Å². The number of carbonyl (C=O) groups is 1. The molecule has 0 amide bonds. The summed E-state index contributed by atoms with van der Waals surface area (Å²) in [6, 6.07) is 0.428. The second-order valence-electron chi connectivity index (χ2n) is 5.33. The lowest BCUT2D eigenvalue weighted by molar-refractivity contribution is -0.143. The highest BCUT2D eigenvalue weighted by Gasteiger charge is 2.31. The summed E-state index contributed by atoms with van der Waals surface area (Å²) in [5.41, 5.74) is 0. The van der Waals surface area contributed by atoms with Crippen molar-refractivity contribution in [2.75, 3.05) is 26.2 Å². The van der Waals surface area contributed by atoms with E-state index in [4.69, 9.17) is 5.11 Å². The molecule has 0 spiro atoms. The summed E-state index contributed by atoms with van der Waals surface area (Å²) in [6.45, 7) is 6.16. The summed E-state index contributed by atoms with van der Waals surface area (Å²) in [5.74, 6) is -0.0859. The van der Waals surface area contributed by atoms with E-state index in [9.17, 15) is 4.79 Å². The fraction of sp³-hybridized carbons (Fsp3) is 0.917. The van der Waals surface area contributed by atoms with E-state index in [0.717, 1.165) is 32.0 Å². The van der Waals surface area contributed by atoms with E-state index in [-0.39, 0.29) is 5.92 Å². The number of nitrogens with one attached hydrogen (secondary N) is 1. The van der Waals surface area contributed by atoms with Crippen molar-refractivity contribution in [1.82, 2.24) is 10.2 Å². The molecule has 0 aliphatic carbocycles. The molecular weight excluding hydrogens is 204 g/mol. The zero-order chi connectivity index (χ0) is 11.5. The number of carboxylic acids is 1. The zero-order valence-electron chi connectivity index (χ0n) is 9.98. The van der Waals surface area contributed by atoms with Crippen molar-refractivity contribution in [2.24, 2.45) is 11.8 Å². The molecule has 0 saturated carbocycles. The van der Waals surface area contributed by atoms with Crippen LogP contribution >= 0.6 is 0 Å². The minimum atomic E-state index is -0.651. The molecule has 4 nitrogen and oxygen atoms in total. The Morgan fingerprint density at radius 1 is 1.44 bits per heavy atom. The Morgan fingerprint density at radius 3 is 2.94 bits per heavy atom. The Bertz CT molecular complexity index is 257. The number of rotatable bonds is 2. The van der Waals surface area contributed by atoms with Gasteiger partial charge >= 0.3 is 5.97 Å². The molecule has 2 saturated heterocycles. The van der Waals surface area contributed by atoms with Gasteiger partial charge in [0.15, 0.2) is 0 Å². The topological polar surface area (TPSA) is 52.6 Å². The molecule has 0 bridgehead atoms. The van der Waals surface area contributed by atoms with Gasteiger partial charge in [0, 0.05) is 25.7 Å². The molecule has 3 atom stereocenters. The highest BCUT2D eigenvalue weighted by molar-refractivity contribution is 5.70. The van der Waals surface area contributed by atoms with Crippen LogP contribution in [0.5, 0.6) is 0 Å². The lowest BCUT2D eigenvalue weighted by atomic mass is 9.91. The minimum Gasteiger partial charge on any atom is -0.481 e. The second-order valence-corrected chi connectivity index (χ2v) is 5.33. The van der Waals surface area contributed by atoms with E-state index in [1.165, 1.54) is 12.8 Å². The summed E-state index contributed by atoms with van der Waals surface area (Å²) >= 11 is 0. The van der Waals surface area contributed by atoms with Crippen LogP contribution in [0.25, 0.3) is 0 Å². The second kappa shape index (κ2) is 5.15. The maximum absolute atomic E-state index is 11.0. The van der Waals surface area contributed by atoms with E-state index in [0.29, 0.717) is 12.6 Å². The monoisotopic (exact) mass is 226 g/mol. The van der Waals surface area contributed by atoms with Gasteiger partial charge in [-0.15, -0.1) is 0 Å². The average molecular weight is 226 g/mol. The number of piperidine rings is 2. The third-order valence-corrected chi connectivity index (χ3v) is 3.88. The Kier molecular flexibility index (Phi) is 3.82. The van der Waals surface area contributed by atoms with Crippen molar-refractivity contribution in [3.63, 3.8) is 0 Å². The molecule has 2 heterocycles. The standard InChI is InChI=1S/C12H22N2O2/c1-9-3-2-4-14(8-9)11-5-10(12(15)16)6-13-7-11/h9-11,13H,2-8H2,1H3,(H,15,16)/t9-,10-,11-/m1/s1. The van der Waals surface area contributed by atoms with Crippen LogP contribution in [-0.2, 0) is 4.79 Å². The van der Waals surface area contributed by atoms with Crippen molar-refractivity contribution in [3.8, 4) is 0 Å². The average Bonchev–Trinajstić information content (AvgIpc) is 2.29. The first kappa shape index (κ1) is 11.9. The van der Waals surface area contributed by atoms with Gasteiger partial charge in [-0.1, -0.05) is 6.92 Å². The molecule has 16 heavy (non-hydrogen) atoms. The lowest BCUT2D eigenvalue weighted by Gasteiger charge is -2.40. The van der Waals surface area contributed by atoms with Gasteiger partial charge in [0.1, 0.15) is 0 Å². The van der Waals surface area contributed by atoms with Crippen LogP contribution in [0, 0.1) is 11.8 Å². The summed E-state index contributed by atoms with van der Waals surface area (Å²) in [6.07, 6.45) is 3.39. The fourth-order valence-corrected chi connectivity index (χ4v) is 2.94. The summed E-state index contributed by atoms with van der Waals surface area (Å²) < 4.78 is 0. The predicted octanol–water partition coefficient (Wildman–Crippen LogP) is 0.781. The van der Waals surface area contributed by atoms with Crippen molar-refractivity contribution in [3.05, 3.63) is 0 Å². The van der Waals surface area contributed by atoms with Crippen molar-refractivity contribution < 1.29 is 9.90 Å². The van der Waals surface area contributed by atoms with E-state index < -0.39 is 5.97 Å². The molecule has 0 aromatic heterocycles. The highest BCUT2D eigenvalue weighted by atomic mass is 16.4. The van der Waals surface area contributed by atoms with Gasteiger partial charge in [0.05, 0.1) is 5.92 Å². The van der Waals surface area contributed by atoms with Gasteiger partial charge in [-0.3, -0.25) is 9.69 Å². The Labute approximate surface area is 97.0 Å². The van der Waals surface area contributed by atoms with E-state index in [2.05, 4.69) is 17.1 Å². The summed E-state index contributed by atoms with van der Waals surface area (Å²) in [5, 5.41) is 12.3. The highest BCUT2D eigenvalue weighted by Crippen LogP contribution is 2.22. The molecular formula is C12H22N2O2. The van der Waals surface area contributed by atoms with Crippen molar-refractivity contribution in [2.45, 2.75) is 32.2 Å². The molecule has 0 unspecified atom stereocenters. The smallest absolute Gasteiger partial charge is 0.307 e. The normalized spacial score (nSPS) is 37.2. The SMILES string of the molecule is C[C@@H]1CCCN([C@H]2CNC[C@H](C(=O)O)C2)C1. The number of carboxylic acid groups (broad SMARTS) is 1. The summed E-state index contributed by atoms with van der Waals surface area (Å²) in [7, 11) is 0. The first-order chi connectivity index (χ1) is 7.66. The first-order valence-electron chi connectivity index (χ1n) is 6.34. The maximum atomic E-state index is 11.0. The zero-order valence-corrected chi connectivity index (χ0v) is 9.98. The van der Waals surface area contributed by atoms with Crippen LogP contribution in [0.3, 0.4) is 0 Å². The van der Waals surface area contributed by atoms with Crippen LogP contribution in [0.1, 0.15) is 26.2 Å². The number of nitrogens with zero attached hydrogens (tertiary/aromatic N) is 1. The third-order valence-electron chi connectivity index (χ3n) is 3.88. The van der Waals surface area contributed by atoms with E-state index in [1.54, 1.807) is 0 Å². The van der Waals surface area contributed by atoms with Gasteiger partial charge in [-0.2, -0.15) is 0 Å². The molecule has 0 radical (unpaired) electrons. The molecule has 4 heteroatoms. The number of hydrogen-bond acceptors (Lipinski definition) is 3. The quantitative estimate of drug-likeness (QED) is 0.730. The number of hydrogen-bond donors (Lipinski definition) is 2. The summed E-state index contributed by atoms with van der Waals surface area (Å²) in [4.78, 5) is 13.5. The van der Waals surface area contributed by atoms with Gasteiger partial charge in [-0.25, -0.2) is 0 Å². The Morgan fingerprint density at radius 2 is 2.25 bits per heavy atom. The number of likely N-dealkylation sites (tertiary alicyclic amines) is 1. The van der Waals surface area contributed by atoms with E-state index >= 15 is 0 Å². The molecule has 0 aromatic rings. The third kappa shape index (κ3) is 2.74. The van der Waals surface area contributed by atoms with Crippen LogP contribution in [0.15, 0.2) is 0 Å². The van der Waals surface area contributed by atoms with Gasteiger partial charge in [0.25, 0.3) is 0 Å². The van der Waals surface area contributed by atoms with Gasteiger partial charge < -0.3 is 10.4 Å². The van der Waals surface area contributed by atoms with Crippen LogP contribution < -0.4 is 5.32 Å². The Hall–Kier alpha value is -0.610. The molecule has 2 rings (SSSR count).